The van der Waals surface area contributed by atoms with Gasteiger partial charge in [0.2, 0.25) is 0 Å². The summed E-state index contributed by atoms with van der Waals surface area (Å²) in [7, 11) is 1.80. The molecule has 0 aliphatic carbocycles. The van der Waals surface area contributed by atoms with Gasteiger partial charge in [-0.15, -0.1) is 0 Å². The van der Waals surface area contributed by atoms with Crippen LogP contribution in [0.2, 0.25) is 0 Å². The number of aryl methyl sites for hydroxylation is 3. The van der Waals surface area contributed by atoms with Crippen molar-refractivity contribution in [2.75, 3.05) is 6.61 Å². The highest BCUT2D eigenvalue weighted by atomic mass is 16.4. The van der Waals surface area contributed by atoms with E-state index >= 15 is 0 Å². The topological polar surface area (TPSA) is 93.2 Å². The van der Waals surface area contributed by atoms with Gasteiger partial charge in [0.1, 0.15) is 5.69 Å². The van der Waals surface area contributed by atoms with Crippen LogP contribution in [0.1, 0.15) is 28.2 Å². The fraction of sp³-hybridized carbons (Fsp3) is 0.417. The molecule has 0 radical (unpaired) electrons. The molecule has 0 spiro atoms. The Morgan fingerprint density at radius 3 is 2.63 bits per heavy atom. The third-order valence-electron chi connectivity index (χ3n) is 2.83. The second-order valence-electron chi connectivity index (χ2n) is 4.35. The lowest BCUT2D eigenvalue weighted by molar-refractivity contribution is 0.0688. The summed E-state index contributed by atoms with van der Waals surface area (Å²) in [6.45, 7) is 1.86. The molecule has 2 heterocycles. The standard InChI is InChI=1S/C12H16N4O3/c1-8-10(7-15(2)13-8)16-6-9(4-3-5-17)11(14-16)12(18)19/h6-7,17H,3-5H2,1-2H3,(H,18,19). The van der Waals surface area contributed by atoms with E-state index in [2.05, 4.69) is 10.2 Å². The molecule has 2 aromatic heterocycles. The fourth-order valence-corrected chi connectivity index (χ4v) is 1.98. The summed E-state index contributed by atoms with van der Waals surface area (Å²) in [6.07, 6.45) is 4.46. The number of carbonyl (C=O) groups is 1. The zero-order valence-corrected chi connectivity index (χ0v) is 10.9. The Morgan fingerprint density at radius 2 is 2.11 bits per heavy atom. The molecule has 0 atom stereocenters. The molecular weight excluding hydrogens is 248 g/mol. The van der Waals surface area contributed by atoms with E-state index in [-0.39, 0.29) is 12.3 Å². The van der Waals surface area contributed by atoms with Crippen LogP contribution in [0.4, 0.5) is 0 Å². The van der Waals surface area contributed by atoms with E-state index in [9.17, 15) is 4.79 Å². The van der Waals surface area contributed by atoms with Crippen LogP contribution >= 0.6 is 0 Å². The first-order valence-electron chi connectivity index (χ1n) is 5.96. The zero-order valence-electron chi connectivity index (χ0n) is 10.9. The monoisotopic (exact) mass is 264 g/mol. The minimum Gasteiger partial charge on any atom is -0.476 e. The number of nitrogens with zero attached hydrogens (tertiary/aromatic N) is 4. The molecule has 7 heteroatoms. The largest absolute Gasteiger partial charge is 0.476 e. The third kappa shape index (κ3) is 2.65. The molecule has 0 aromatic carbocycles. The molecule has 102 valence electrons. The summed E-state index contributed by atoms with van der Waals surface area (Å²) in [6, 6.07) is 0. The fourth-order valence-electron chi connectivity index (χ4n) is 1.98. The highest BCUT2D eigenvalue weighted by Gasteiger charge is 2.17. The lowest BCUT2D eigenvalue weighted by atomic mass is 10.1. The first-order chi connectivity index (χ1) is 9.02. The van der Waals surface area contributed by atoms with Crippen LogP contribution in [-0.4, -0.2) is 42.4 Å². The Morgan fingerprint density at radius 1 is 1.37 bits per heavy atom. The molecular formula is C12H16N4O3. The summed E-state index contributed by atoms with van der Waals surface area (Å²) in [4.78, 5) is 11.2. The number of rotatable bonds is 5. The Hall–Kier alpha value is -2.15. The van der Waals surface area contributed by atoms with E-state index in [1.54, 1.807) is 24.1 Å². The maximum atomic E-state index is 11.2. The maximum Gasteiger partial charge on any atom is 0.356 e. The second-order valence-corrected chi connectivity index (χ2v) is 4.35. The van der Waals surface area contributed by atoms with Crippen molar-refractivity contribution < 1.29 is 15.0 Å². The van der Waals surface area contributed by atoms with Gasteiger partial charge in [-0.3, -0.25) is 4.68 Å². The average molecular weight is 264 g/mol. The van der Waals surface area contributed by atoms with Crippen LogP contribution in [0.15, 0.2) is 12.4 Å². The average Bonchev–Trinajstić information content (AvgIpc) is 2.90. The van der Waals surface area contributed by atoms with Gasteiger partial charge in [-0.2, -0.15) is 10.2 Å². The lowest BCUT2D eigenvalue weighted by Gasteiger charge is -1.96. The van der Waals surface area contributed by atoms with Crippen LogP contribution in [0, 0.1) is 6.92 Å². The van der Waals surface area contributed by atoms with E-state index in [1.165, 1.54) is 4.68 Å². The van der Waals surface area contributed by atoms with Gasteiger partial charge in [0.25, 0.3) is 0 Å². The van der Waals surface area contributed by atoms with Crippen molar-refractivity contribution in [2.45, 2.75) is 19.8 Å². The molecule has 2 aromatic rings. The van der Waals surface area contributed by atoms with Crippen molar-refractivity contribution in [3.8, 4) is 5.69 Å². The van der Waals surface area contributed by atoms with Gasteiger partial charge in [-0.05, 0) is 19.8 Å². The highest BCUT2D eigenvalue weighted by molar-refractivity contribution is 5.87. The first kappa shape index (κ1) is 13.3. The van der Waals surface area contributed by atoms with Gasteiger partial charge in [0.15, 0.2) is 5.69 Å². The van der Waals surface area contributed by atoms with E-state index < -0.39 is 5.97 Å². The molecule has 19 heavy (non-hydrogen) atoms. The van der Waals surface area contributed by atoms with Crippen molar-refractivity contribution in [1.29, 1.82) is 0 Å². The molecule has 0 unspecified atom stereocenters. The van der Waals surface area contributed by atoms with Crippen molar-refractivity contribution >= 4 is 5.97 Å². The SMILES string of the molecule is Cc1nn(C)cc1-n1cc(CCCO)c(C(=O)O)n1. The number of aliphatic hydroxyl groups is 1. The van der Waals surface area contributed by atoms with Gasteiger partial charge in [-0.1, -0.05) is 0 Å². The smallest absolute Gasteiger partial charge is 0.356 e. The van der Waals surface area contributed by atoms with Crippen LogP contribution < -0.4 is 0 Å². The Kier molecular flexibility index (Phi) is 3.66. The van der Waals surface area contributed by atoms with E-state index in [4.69, 9.17) is 10.2 Å². The number of carboxylic acid groups (broad SMARTS) is 1. The Balaban J connectivity index is 2.42. The number of carboxylic acids is 1. The number of hydrogen-bond acceptors (Lipinski definition) is 4. The molecule has 0 saturated heterocycles. The Labute approximate surface area is 110 Å². The van der Waals surface area contributed by atoms with Gasteiger partial charge in [0.05, 0.1) is 11.9 Å². The normalized spacial score (nSPS) is 10.9. The van der Waals surface area contributed by atoms with E-state index in [0.717, 1.165) is 11.4 Å². The number of aromatic carboxylic acids is 1. The van der Waals surface area contributed by atoms with Crippen LogP contribution in [-0.2, 0) is 13.5 Å². The van der Waals surface area contributed by atoms with Crippen LogP contribution in [0.5, 0.6) is 0 Å². The van der Waals surface area contributed by atoms with Gasteiger partial charge < -0.3 is 10.2 Å². The summed E-state index contributed by atoms with van der Waals surface area (Å²) < 4.78 is 3.18. The summed E-state index contributed by atoms with van der Waals surface area (Å²) >= 11 is 0. The quantitative estimate of drug-likeness (QED) is 0.822. The minimum atomic E-state index is -1.06. The first-order valence-corrected chi connectivity index (χ1v) is 5.96. The molecule has 0 bridgehead atoms. The van der Waals surface area contributed by atoms with Crippen molar-refractivity contribution in [1.82, 2.24) is 19.6 Å². The third-order valence-corrected chi connectivity index (χ3v) is 2.83. The number of aliphatic hydroxyl groups excluding tert-OH is 1. The predicted molar refractivity (Wildman–Crippen MR) is 67.4 cm³/mol. The van der Waals surface area contributed by atoms with Crippen LogP contribution in [0.25, 0.3) is 5.69 Å². The molecule has 0 aliphatic heterocycles. The maximum absolute atomic E-state index is 11.2. The van der Waals surface area contributed by atoms with Gasteiger partial charge >= 0.3 is 5.97 Å². The van der Waals surface area contributed by atoms with E-state index in [1.807, 2.05) is 6.92 Å². The minimum absolute atomic E-state index is 0.0240. The van der Waals surface area contributed by atoms with Crippen molar-refractivity contribution in [3.05, 3.63) is 29.3 Å². The van der Waals surface area contributed by atoms with Crippen LogP contribution in [0.3, 0.4) is 0 Å². The lowest BCUT2D eigenvalue weighted by Crippen LogP contribution is -2.03. The Bertz CT molecular complexity index is 600. The zero-order chi connectivity index (χ0) is 14.0. The second kappa shape index (κ2) is 5.23. The summed E-state index contributed by atoms with van der Waals surface area (Å²) in [5.41, 5.74) is 2.16. The van der Waals surface area contributed by atoms with E-state index in [0.29, 0.717) is 18.4 Å². The molecule has 0 aliphatic rings. The number of hydrogen-bond donors (Lipinski definition) is 2. The molecule has 7 nitrogen and oxygen atoms in total. The van der Waals surface area contributed by atoms with Crippen molar-refractivity contribution in [2.24, 2.45) is 7.05 Å². The molecule has 0 amide bonds. The predicted octanol–water partition coefficient (Wildman–Crippen LogP) is 0.537. The highest BCUT2D eigenvalue weighted by Crippen LogP contribution is 2.16. The summed E-state index contributed by atoms with van der Waals surface area (Å²) in [5, 5.41) is 26.3. The summed E-state index contributed by atoms with van der Waals surface area (Å²) in [5.74, 6) is -1.06. The molecule has 0 saturated carbocycles. The molecule has 2 rings (SSSR count). The molecule has 2 N–H and O–H groups in total. The molecule has 0 fully saturated rings. The number of aromatic nitrogens is 4. The van der Waals surface area contributed by atoms with Crippen molar-refractivity contribution in [3.63, 3.8) is 0 Å². The van der Waals surface area contributed by atoms with Gasteiger partial charge in [-0.25, -0.2) is 9.48 Å². The van der Waals surface area contributed by atoms with Gasteiger partial charge in [0, 0.05) is 25.4 Å².